The molecule has 77 heavy (non-hydrogen) atoms. The molecule has 0 aromatic rings. The Kier molecular flexibility index (Phi) is 15.7. The van der Waals surface area contributed by atoms with Gasteiger partial charge in [-0.05, 0) is 97.7 Å². The van der Waals surface area contributed by atoms with Crippen molar-refractivity contribution < 1.29 is 114 Å². The lowest BCUT2D eigenvalue weighted by atomic mass is 9.33. The molecule has 5 heterocycles. The summed E-state index contributed by atoms with van der Waals surface area (Å²) in [6.07, 6.45) is -28.7. The van der Waals surface area contributed by atoms with Crippen LogP contribution in [-0.2, 0) is 47.4 Å². The maximum Gasteiger partial charge on any atom is 0.335 e. The van der Waals surface area contributed by atoms with E-state index in [-0.39, 0.29) is 63.6 Å². The molecule has 5 aliphatic carbocycles. The summed E-state index contributed by atoms with van der Waals surface area (Å²) in [5.41, 5.74) is -0.136. The molecule has 23 nitrogen and oxygen atoms in total. The average Bonchev–Trinajstić information content (AvgIpc) is 4.20. The number of aliphatic carboxylic acids is 1. The van der Waals surface area contributed by atoms with Gasteiger partial charge in [-0.2, -0.15) is 0 Å². The molecule has 5 unspecified atom stereocenters. The Morgan fingerprint density at radius 3 is 1.81 bits per heavy atom. The van der Waals surface area contributed by atoms with Crippen molar-refractivity contribution in [2.75, 3.05) is 19.8 Å². The second kappa shape index (κ2) is 20.6. The van der Waals surface area contributed by atoms with Gasteiger partial charge in [0.2, 0.25) is 0 Å². The molecule has 0 aromatic carbocycles. The number of hydrogen-bond donors (Lipinski definition) is 13. The largest absolute Gasteiger partial charge is 0.479 e. The van der Waals surface area contributed by atoms with Crippen molar-refractivity contribution in [3.63, 3.8) is 0 Å². The van der Waals surface area contributed by atoms with Gasteiger partial charge < -0.3 is 109 Å². The first kappa shape index (κ1) is 58.6. The predicted octanol–water partition coefficient (Wildman–Crippen LogP) is -1.45. The molecular weight excluding hydrogens is 1020 g/mol. The standard InChI is InChI=1S/C54H86O23/c1-21-29(58)32(61)35(64)45(69-21)75-40-34(63)31(60)25(19-56)71-47(40)73-38-37(66)39(44(67)68)74-48(41(38)76-46-36(65)33(62)30(59)24(18-55)70-46)72-28-12-13-51(6)26(50(28,4)5)11-14-52(7)27(51)10-9-22-23-17-49(2,3)15-16-54(23,20-57)43-42(77-43)53(22,52)8/h9,21,23-43,45-48,55-66H,10-20H2,1-8H3,(H,67,68)/t21-,23+,24?,25+,26-,27+,28-,29-,30?,31-,32+,33?,34-,35+,36?,37-,38-,39-,40+,41+,42-,43+,45-,46?,47-,48+,51-,52+,53-,54+/m0/s1. The number of fused-ring (bicyclic) bond motifs is 10. The van der Waals surface area contributed by atoms with Crippen molar-refractivity contribution in [2.45, 2.75) is 248 Å². The van der Waals surface area contributed by atoms with E-state index in [1.807, 2.05) is 0 Å². The Morgan fingerprint density at radius 2 is 1.17 bits per heavy atom. The number of carbonyl (C=O) groups is 1. The van der Waals surface area contributed by atoms with Gasteiger partial charge in [-0.25, -0.2) is 4.79 Å². The molecule has 30 atom stereocenters. The van der Waals surface area contributed by atoms with Crippen LogP contribution in [0, 0.1) is 50.2 Å². The van der Waals surface area contributed by atoms with Gasteiger partial charge >= 0.3 is 5.97 Å². The number of ether oxygens (including phenoxy) is 9. The van der Waals surface area contributed by atoms with Crippen LogP contribution in [0.2, 0.25) is 0 Å². The normalized spacial score (nSPS) is 55.8. The van der Waals surface area contributed by atoms with Crippen LogP contribution < -0.4 is 0 Å². The Hall–Kier alpha value is -1.63. The zero-order valence-corrected chi connectivity index (χ0v) is 45.3. The Labute approximate surface area is 448 Å². The number of rotatable bonds is 12. The first-order valence-corrected chi connectivity index (χ1v) is 27.8. The lowest BCUT2D eigenvalue weighted by Gasteiger charge is -2.70. The van der Waals surface area contributed by atoms with E-state index in [0.29, 0.717) is 12.8 Å². The van der Waals surface area contributed by atoms with E-state index < -0.39 is 154 Å². The number of aliphatic hydroxyl groups excluding tert-OH is 12. The summed E-state index contributed by atoms with van der Waals surface area (Å²) in [5, 5.41) is 142. The van der Waals surface area contributed by atoms with Crippen molar-refractivity contribution in [1.82, 2.24) is 0 Å². The lowest BCUT2D eigenvalue weighted by Crippen LogP contribution is -2.69. The minimum Gasteiger partial charge on any atom is -0.479 e. The lowest BCUT2D eigenvalue weighted by molar-refractivity contribution is -0.406. The van der Waals surface area contributed by atoms with E-state index in [2.05, 4.69) is 54.5 Å². The summed E-state index contributed by atoms with van der Waals surface area (Å²) in [7, 11) is 0. The topological polar surface area (TPSA) is 366 Å². The van der Waals surface area contributed by atoms with Crippen molar-refractivity contribution in [3.8, 4) is 0 Å². The first-order chi connectivity index (χ1) is 36.1. The number of allylic oxidation sites excluding steroid dienone is 1. The Bertz CT molecular complexity index is 2180. The second-order valence-corrected chi connectivity index (χ2v) is 26.6. The summed E-state index contributed by atoms with van der Waals surface area (Å²) in [6.45, 7) is 15.8. The maximum absolute atomic E-state index is 13.1. The molecule has 0 amide bonds. The predicted molar refractivity (Wildman–Crippen MR) is 261 cm³/mol. The van der Waals surface area contributed by atoms with Crippen LogP contribution in [-0.4, -0.2) is 233 Å². The van der Waals surface area contributed by atoms with E-state index in [0.717, 1.165) is 38.5 Å². The number of epoxide rings is 1. The minimum atomic E-state index is -2.22. The summed E-state index contributed by atoms with van der Waals surface area (Å²) < 4.78 is 55.9. The van der Waals surface area contributed by atoms with E-state index in [4.69, 9.17) is 42.6 Å². The smallest absolute Gasteiger partial charge is 0.335 e. The quantitative estimate of drug-likeness (QED) is 0.0604. The third-order valence-corrected chi connectivity index (χ3v) is 21.8. The van der Waals surface area contributed by atoms with Gasteiger partial charge in [-0.1, -0.05) is 60.1 Å². The molecule has 13 N–H and O–H groups in total. The molecular formula is C54H86O23. The van der Waals surface area contributed by atoms with Gasteiger partial charge in [-0.3, -0.25) is 0 Å². The summed E-state index contributed by atoms with van der Waals surface area (Å²) in [5.74, 6) is -1.24. The summed E-state index contributed by atoms with van der Waals surface area (Å²) in [6, 6.07) is 0. The van der Waals surface area contributed by atoms with Gasteiger partial charge in [0.25, 0.3) is 0 Å². The van der Waals surface area contributed by atoms with Gasteiger partial charge in [-0.15, -0.1) is 0 Å². The van der Waals surface area contributed by atoms with Crippen LogP contribution >= 0.6 is 0 Å². The van der Waals surface area contributed by atoms with Crippen LogP contribution in [0.3, 0.4) is 0 Å². The highest BCUT2D eigenvalue weighted by Crippen LogP contribution is 2.79. The Balaban J connectivity index is 0.974. The third kappa shape index (κ3) is 9.06. The van der Waals surface area contributed by atoms with Crippen LogP contribution in [0.4, 0.5) is 0 Å². The fourth-order valence-electron chi connectivity index (χ4n) is 17.0. The molecule has 0 spiro atoms. The molecule has 9 fully saturated rings. The zero-order valence-electron chi connectivity index (χ0n) is 45.3. The molecule has 23 heteroatoms. The van der Waals surface area contributed by atoms with Gasteiger partial charge in [0.1, 0.15) is 85.5 Å². The van der Waals surface area contributed by atoms with Gasteiger partial charge in [0.15, 0.2) is 31.3 Å². The highest BCUT2D eigenvalue weighted by molar-refractivity contribution is 5.73. The molecule has 0 bridgehead atoms. The Morgan fingerprint density at radius 1 is 0.584 bits per heavy atom. The van der Waals surface area contributed by atoms with Crippen LogP contribution in [0.25, 0.3) is 0 Å². The SMILES string of the molecule is C[C@@H]1O[C@@H](O[C@H]2[C@H](O[C@H]3[C@H](O)[C@@H](C(=O)O)O[C@@H](O[C@H]4CC[C@]5(C)[C@H]6CC=C7[C@H]8CC(C)(C)CC[C@]8(CO)[C@@H]8O[C@@H]8[C@@]7(C)[C@]6(C)CC[C@H]5C4(C)C)[C@@H]3OC3OC(CO)C(O)C(O)C3O)O[C@H](CO)[C@H](O)[C@@H]2O)[C@H](O)[C@H](O)[C@H]1O. The van der Waals surface area contributed by atoms with Gasteiger partial charge in [0.05, 0.1) is 44.2 Å². The van der Waals surface area contributed by atoms with Crippen LogP contribution in [0.15, 0.2) is 11.6 Å². The maximum atomic E-state index is 13.1. The van der Waals surface area contributed by atoms with Gasteiger partial charge in [0, 0.05) is 10.8 Å². The van der Waals surface area contributed by atoms with Crippen LogP contribution in [0.1, 0.15) is 107 Å². The van der Waals surface area contributed by atoms with E-state index in [1.165, 1.54) is 12.5 Å². The fraction of sp³-hybridized carbons (Fsp3) is 0.944. The summed E-state index contributed by atoms with van der Waals surface area (Å²) in [4.78, 5) is 13.1. The second-order valence-electron chi connectivity index (χ2n) is 26.6. The summed E-state index contributed by atoms with van der Waals surface area (Å²) >= 11 is 0. The molecule has 440 valence electrons. The molecule has 10 aliphatic rings. The van der Waals surface area contributed by atoms with Crippen molar-refractivity contribution in [3.05, 3.63) is 11.6 Å². The average molecular weight is 1100 g/mol. The highest BCUT2D eigenvalue weighted by Gasteiger charge is 2.78. The molecule has 5 saturated heterocycles. The monoisotopic (exact) mass is 1100 g/mol. The molecule has 4 saturated carbocycles. The van der Waals surface area contributed by atoms with E-state index in [1.54, 1.807) is 0 Å². The highest BCUT2D eigenvalue weighted by atomic mass is 16.8. The number of carboxylic acid groups (broad SMARTS) is 1. The van der Waals surface area contributed by atoms with Crippen molar-refractivity contribution in [1.29, 1.82) is 0 Å². The number of hydrogen-bond acceptors (Lipinski definition) is 22. The molecule has 10 rings (SSSR count). The molecule has 0 radical (unpaired) electrons. The molecule has 5 aliphatic heterocycles. The zero-order chi connectivity index (χ0) is 56.0. The van der Waals surface area contributed by atoms with Crippen molar-refractivity contribution in [2.24, 2.45) is 50.2 Å². The number of carboxylic acids is 1. The van der Waals surface area contributed by atoms with Crippen molar-refractivity contribution >= 4 is 5.97 Å². The molecule has 0 aromatic heterocycles. The number of aliphatic hydroxyl groups is 12. The fourth-order valence-corrected chi connectivity index (χ4v) is 17.0. The third-order valence-electron chi connectivity index (χ3n) is 21.8. The van der Waals surface area contributed by atoms with E-state index >= 15 is 0 Å². The van der Waals surface area contributed by atoms with Crippen LogP contribution in [0.5, 0.6) is 0 Å². The first-order valence-electron chi connectivity index (χ1n) is 27.8. The minimum absolute atomic E-state index is 0.0164. The van der Waals surface area contributed by atoms with E-state index in [9.17, 15) is 71.2 Å².